The predicted octanol–water partition coefficient (Wildman–Crippen LogP) is 2.55. The van der Waals surface area contributed by atoms with Crippen LogP contribution < -0.4 is 0 Å². The molecule has 0 saturated heterocycles. The van der Waals surface area contributed by atoms with Gasteiger partial charge < -0.3 is 14.3 Å². The number of ether oxygens (including phenoxy) is 1. The van der Waals surface area contributed by atoms with E-state index in [1.54, 1.807) is 12.2 Å². The van der Waals surface area contributed by atoms with E-state index in [2.05, 4.69) is 6.92 Å². The Bertz CT molecular complexity index is 430. The van der Waals surface area contributed by atoms with Crippen molar-refractivity contribution in [3.05, 3.63) is 36.5 Å². The fraction of sp³-hybridized carbons (Fsp3) is 0.529. The van der Waals surface area contributed by atoms with Crippen molar-refractivity contribution < 1.29 is 23.9 Å². The quantitative estimate of drug-likeness (QED) is 0.291. The van der Waals surface area contributed by atoms with Crippen molar-refractivity contribution in [2.75, 3.05) is 27.7 Å². The SMILES string of the molecule is CCC/C=C/C=C/C=C/C(=O)OC(CC(=O)O)C[N+](C)(C)C. The number of carboxylic acid groups (broad SMARTS) is 1. The second kappa shape index (κ2) is 10.8. The van der Waals surface area contributed by atoms with Gasteiger partial charge in [0.2, 0.25) is 0 Å². The van der Waals surface area contributed by atoms with E-state index in [9.17, 15) is 9.59 Å². The molecule has 0 spiro atoms. The van der Waals surface area contributed by atoms with Gasteiger partial charge in [-0.2, -0.15) is 0 Å². The van der Waals surface area contributed by atoms with Gasteiger partial charge >= 0.3 is 11.9 Å². The monoisotopic (exact) mass is 310 g/mol. The zero-order chi connectivity index (χ0) is 17.0. The molecule has 1 atom stereocenters. The summed E-state index contributed by atoms with van der Waals surface area (Å²) < 4.78 is 5.73. The molecular weight excluding hydrogens is 282 g/mol. The number of aliphatic carboxylic acids is 1. The van der Waals surface area contributed by atoms with E-state index in [0.717, 1.165) is 12.8 Å². The van der Waals surface area contributed by atoms with Crippen LogP contribution in [-0.2, 0) is 14.3 Å². The minimum Gasteiger partial charge on any atom is -0.481 e. The highest BCUT2D eigenvalue weighted by molar-refractivity contribution is 5.82. The molecule has 0 rings (SSSR count). The number of nitrogens with zero attached hydrogens (tertiary/aromatic N) is 1. The van der Waals surface area contributed by atoms with E-state index in [1.165, 1.54) is 6.08 Å². The summed E-state index contributed by atoms with van der Waals surface area (Å²) in [5.74, 6) is -1.50. The van der Waals surface area contributed by atoms with Gasteiger partial charge in [0.25, 0.3) is 0 Å². The first kappa shape index (κ1) is 20.1. The summed E-state index contributed by atoms with van der Waals surface area (Å²) in [6, 6.07) is 0. The van der Waals surface area contributed by atoms with Crippen LogP contribution in [0.15, 0.2) is 36.5 Å². The topological polar surface area (TPSA) is 63.6 Å². The summed E-state index contributed by atoms with van der Waals surface area (Å²) in [6.45, 7) is 2.55. The predicted molar refractivity (Wildman–Crippen MR) is 87.4 cm³/mol. The molecule has 0 heterocycles. The van der Waals surface area contributed by atoms with Gasteiger partial charge in [-0.25, -0.2) is 4.79 Å². The van der Waals surface area contributed by atoms with Gasteiger partial charge in [-0.05, 0) is 6.42 Å². The lowest BCUT2D eigenvalue weighted by molar-refractivity contribution is -0.873. The minimum absolute atomic E-state index is 0.190. The maximum atomic E-state index is 11.7. The lowest BCUT2D eigenvalue weighted by Gasteiger charge is -2.28. The molecule has 0 aliphatic rings. The van der Waals surface area contributed by atoms with Crippen LogP contribution in [-0.4, -0.2) is 55.3 Å². The molecule has 5 nitrogen and oxygen atoms in total. The molecule has 0 aromatic heterocycles. The Balaban J connectivity index is 4.40. The van der Waals surface area contributed by atoms with Crippen molar-refractivity contribution in [2.24, 2.45) is 0 Å². The fourth-order valence-electron chi connectivity index (χ4n) is 1.76. The number of hydrogen-bond donors (Lipinski definition) is 1. The molecule has 0 saturated carbocycles. The Hall–Kier alpha value is -1.88. The van der Waals surface area contributed by atoms with Crippen LogP contribution in [0, 0.1) is 0 Å². The second-order valence-electron chi connectivity index (χ2n) is 6.09. The summed E-state index contributed by atoms with van der Waals surface area (Å²) in [4.78, 5) is 22.5. The molecule has 0 aliphatic carbocycles. The summed E-state index contributed by atoms with van der Waals surface area (Å²) in [7, 11) is 5.76. The van der Waals surface area contributed by atoms with Crippen LogP contribution in [0.2, 0.25) is 0 Å². The summed E-state index contributed by atoms with van der Waals surface area (Å²) in [6.07, 6.45) is 11.7. The summed E-state index contributed by atoms with van der Waals surface area (Å²) >= 11 is 0. The van der Waals surface area contributed by atoms with Gasteiger partial charge in [-0.15, -0.1) is 0 Å². The zero-order valence-corrected chi connectivity index (χ0v) is 14.0. The van der Waals surface area contributed by atoms with Crippen LogP contribution in [0.3, 0.4) is 0 Å². The van der Waals surface area contributed by atoms with Crippen molar-refractivity contribution in [3.63, 3.8) is 0 Å². The first-order valence-electron chi connectivity index (χ1n) is 7.47. The molecule has 0 aliphatic heterocycles. The number of unbranched alkanes of at least 4 members (excludes halogenated alkanes) is 1. The van der Waals surface area contributed by atoms with E-state index in [0.29, 0.717) is 11.0 Å². The first-order chi connectivity index (χ1) is 10.2. The molecule has 124 valence electrons. The molecule has 5 heteroatoms. The largest absolute Gasteiger partial charge is 0.481 e. The number of esters is 1. The molecule has 0 radical (unpaired) electrons. The first-order valence-corrected chi connectivity index (χ1v) is 7.47. The Morgan fingerprint density at radius 1 is 1.14 bits per heavy atom. The van der Waals surface area contributed by atoms with Gasteiger partial charge in [-0.3, -0.25) is 4.79 Å². The van der Waals surface area contributed by atoms with Gasteiger partial charge in [0, 0.05) is 6.08 Å². The number of carbonyl (C=O) groups excluding carboxylic acids is 1. The van der Waals surface area contributed by atoms with Crippen LogP contribution >= 0.6 is 0 Å². The average Bonchev–Trinajstić information content (AvgIpc) is 2.34. The van der Waals surface area contributed by atoms with Crippen LogP contribution in [0.5, 0.6) is 0 Å². The Kier molecular flexibility index (Phi) is 9.87. The second-order valence-corrected chi connectivity index (χ2v) is 6.09. The standard InChI is InChI=1S/C17H27NO4/c1-5-6-7-8-9-10-11-12-17(21)22-15(13-16(19)20)14-18(2,3)4/h7-12,15H,5-6,13-14H2,1-4H3/p+1/b8-7+,10-9+,12-11+. The maximum Gasteiger partial charge on any atom is 0.331 e. The van der Waals surface area contributed by atoms with Crippen molar-refractivity contribution in [3.8, 4) is 0 Å². The lowest BCUT2D eigenvalue weighted by atomic mass is 10.2. The molecule has 0 amide bonds. The molecule has 0 bridgehead atoms. The van der Waals surface area contributed by atoms with Crippen LogP contribution in [0.1, 0.15) is 26.2 Å². The van der Waals surface area contributed by atoms with Crippen molar-refractivity contribution in [2.45, 2.75) is 32.3 Å². The maximum absolute atomic E-state index is 11.7. The van der Waals surface area contributed by atoms with E-state index in [-0.39, 0.29) is 6.42 Å². The molecule has 1 unspecified atom stereocenters. The Morgan fingerprint density at radius 3 is 2.32 bits per heavy atom. The number of likely N-dealkylation sites (N-methyl/N-ethyl adjacent to an activating group) is 1. The molecular formula is C17H28NO4+. The molecule has 0 aromatic rings. The summed E-state index contributed by atoms with van der Waals surface area (Å²) in [5.41, 5.74) is 0. The van der Waals surface area contributed by atoms with Crippen molar-refractivity contribution in [1.29, 1.82) is 0 Å². The number of hydrogen-bond acceptors (Lipinski definition) is 3. The number of rotatable bonds is 10. The van der Waals surface area contributed by atoms with Crippen molar-refractivity contribution in [1.82, 2.24) is 0 Å². The van der Waals surface area contributed by atoms with Crippen molar-refractivity contribution >= 4 is 11.9 Å². The third-order valence-corrected chi connectivity index (χ3v) is 2.59. The average molecular weight is 310 g/mol. The Labute approximate surface area is 133 Å². The minimum atomic E-state index is -0.976. The highest BCUT2D eigenvalue weighted by Gasteiger charge is 2.23. The highest BCUT2D eigenvalue weighted by atomic mass is 16.5. The summed E-state index contributed by atoms with van der Waals surface area (Å²) in [5, 5.41) is 8.88. The number of carbonyl (C=O) groups is 2. The molecule has 0 aromatic carbocycles. The smallest absolute Gasteiger partial charge is 0.331 e. The third kappa shape index (κ3) is 13.1. The molecule has 1 N–H and O–H groups in total. The third-order valence-electron chi connectivity index (χ3n) is 2.59. The Morgan fingerprint density at radius 2 is 1.77 bits per heavy atom. The lowest BCUT2D eigenvalue weighted by Crippen LogP contribution is -2.43. The van der Waals surface area contributed by atoms with E-state index in [4.69, 9.17) is 9.84 Å². The molecule has 0 fully saturated rings. The van der Waals surface area contributed by atoms with Crippen LogP contribution in [0.4, 0.5) is 0 Å². The zero-order valence-electron chi connectivity index (χ0n) is 14.0. The van der Waals surface area contributed by atoms with Gasteiger partial charge in [0.05, 0.1) is 27.6 Å². The van der Waals surface area contributed by atoms with Crippen LogP contribution in [0.25, 0.3) is 0 Å². The van der Waals surface area contributed by atoms with Gasteiger partial charge in [0.1, 0.15) is 6.54 Å². The van der Waals surface area contributed by atoms with E-state index in [1.807, 2.05) is 39.4 Å². The van der Waals surface area contributed by atoms with E-state index >= 15 is 0 Å². The normalized spacial score (nSPS) is 14.0. The number of allylic oxidation sites excluding steroid dienone is 5. The molecule has 22 heavy (non-hydrogen) atoms. The van der Waals surface area contributed by atoms with Gasteiger partial charge in [-0.1, -0.05) is 43.7 Å². The van der Waals surface area contributed by atoms with Gasteiger partial charge in [0.15, 0.2) is 6.10 Å². The number of quaternary nitrogens is 1. The highest BCUT2D eigenvalue weighted by Crippen LogP contribution is 2.05. The van der Waals surface area contributed by atoms with E-state index < -0.39 is 18.0 Å². The fourth-order valence-corrected chi connectivity index (χ4v) is 1.76. The number of carboxylic acids is 1.